The molecule has 2 aliphatic carbocycles. The Morgan fingerprint density at radius 2 is 1.88 bits per heavy atom. The summed E-state index contributed by atoms with van der Waals surface area (Å²) < 4.78 is 44.2. The third kappa shape index (κ3) is 5.40. The Balaban J connectivity index is 1.64. The molecule has 32 heavy (non-hydrogen) atoms. The van der Waals surface area contributed by atoms with Crippen molar-refractivity contribution in [3.05, 3.63) is 18.0 Å². The molecule has 2 heterocycles. The lowest BCUT2D eigenvalue weighted by molar-refractivity contribution is -0.136. The van der Waals surface area contributed by atoms with Crippen molar-refractivity contribution in [3.8, 4) is 5.88 Å². The van der Waals surface area contributed by atoms with Gasteiger partial charge in [0.05, 0.1) is 29.0 Å². The molecule has 2 saturated carbocycles. The average molecular weight is 454 g/mol. The molecule has 1 atom stereocenters. The molecule has 10 heteroatoms. The lowest BCUT2D eigenvalue weighted by Crippen LogP contribution is -2.47. The van der Waals surface area contributed by atoms with Crippen LogP contribution < -0.4 is 10.1 Å². The molecule has 2 aromatic heterocycles. The number of anilines is 1. The third-order valence-electron chi connectivity index (χ3n) is 6.28. The van der Waals surface area contributed by atoms with Gasteiger partial charge in [0.15, 0.2) is 0 Å². The Morgan fingerprint density at radius 1 is 1.19 bits per heavy atom. The zero-order chi connectivity index (χ0) is 23.1. The number of halogens is 3. The molecule has 0 radical (unpaired) electrons. The number of aromatic nitrogens is 3. The van der Waals surface area contributed by atoms with Crippen LogP contribution in [0.15, 0.2) is 12.4 Å². The molecule has 0 amide bonds. The van der Waals surface area contributed by atoms with E-state index < -0.39 is 24.2 Å². The van der Waals surface area contributed by atoms with Gasteiger partial charge in [0.25, 0.3) is 0 Å². The first kappa shape index (κ1) is 23.0. The van der Waals surface area contributed by atoms with E-state index in [2.05, 4.69) is 20.3 Å². The summed E-state index contributed by atoms with van der Waals surface area (Å²) in [6.07, 6.45) is 1.40. The summed E-state index contributed by atoms with van der Waals surface area (Å²) in [6.45, 7) is 3.19. The Morgan fingerprint density at radius 3 is 2.50 bits per heavy atom. The molecule has 0 bridgehead atoms. The number of nitrogens with one attached hydrogen (secondary N) is 1. The molecule has 2 aliphatic rings. The second-order valence-electron chi connectivity index (χ2n) is 9.49. The number of ether oxygens (including phenoxy) is 1. The Kier molecular flexibility index (Phi) is 6.19. The second-order valence-corrected chi connectivity index (χ2v) is 9.49. The normalized spacial score (nSPS) is 29.4. The van der Waals surface area contributed by atoms with E-state index in [-0.39, 0.29) is 24.1 Å². The fraction of sp³-hybridized carbons (Fsp3) is 0.682. The number of hydrogen-bond donors (Lipinski definition) is 3. The number of fused-ring (bicyclic) bond motifs is 1. The number of rotatable bonds is 6. The van der Waals surface area contributed by atoms with Crippen LogP contribution in [0, 0.1) is 0 Å². The highest BCUT2D eigenvalue weighted by molar-refractivity contribution is 5.86. The monoisotopic (exact) mass is 454 g/mol. The number of hydrogen-bond acceptors (Lipinski definition) is 7. The van der Waals surface area contributed by atoms with Crippen LogP contribution in [0.5, 0.6) is 5.88 Å². The molecule has 0 saturated heterocycles. The van der Waals surface area contributed by atoms with Gasteiger partial charge < -0.3 is 20.3 Å². The zero-order valence-electron chi connectivity index (χ0n) is 18.2. The van der Waals surface area contributed by atoms with E-state index in [1.54, 1.807) is 13.1 Å². The number of pyridine rings is 1. The molecular formula is C22H29F3N4O3. The summed E-state index contributed by atoms with van der Waals surface area (Å²) in [5.41, 5.74) is 0.735. The minimum absolute atomic E-state index is 0.120. The van der Waals surface area contributed by atoms with Crippen LogP contribution in [0.1, 0.15) is 70.3 Å². The summed E-state index contributed by atoms with van der Waals surface area (Å²) in [4.78, 5) is 13.3. The topological polar surface area (TPSA) is 100 Å². The van der Waals surface area contributed by atoms with Gasteiger partial charge in [-0.3, -0.25) is 0 Å². The summed E-state index contributed by atoms with van der Waals surface area (Å²) in [5.74, 6) is 0.618. The molecule has 176 valence electrons. The predicted molar refractivity (Wildman–Crippen MR) is 113 cm³/mol. The molecule has 2 aromatic rings. The van der Waals surface area contributed by atoms with E-state index in [0.717, 1.165) is 18.4 Å². The lowest BCUT2D eigenvalue weighted by Gasteiger charge is -2.40. The van der Waals surface area contributed by atoms with Crippen LogP contribution in [-0.4, -0.2) is 55.2 Å². The lowest BCUT2D eigenvalue weighted by atomic mass is 9.79. The number of nitrogens with zero attached hydrogens (tertiary/aromatic N) is 3. The molecule has 4 rings (SSSR count). The number of aliphatic hydroxyl groups is 2. The fourth-order valence-corrected chi connectivity index (χ4v) is 4.65. The van der Waals surface area contributed by atoms with Crippen molar-refractivity contribution < 1.29 is 28.1 Å². The maximum atomic E-state index is 12.7. The van der Waals surface area contributed by atoms with Crippen LogP contribution in [0.2, 0.25) is 0 Å². The maximum absolute atomic E-state index is 12.7. The fourth-order valence-electron chi connectivity index (χ4n) is 4.65. The zero-order valence-corrected chi connectivity index (χ0v) is 18.2. The van der Waals surface area contributed by atoms with E-state index in [1.165, 1.54) is 13.1 Å². The first-order chi connectivity index (χ1) is 15.0. The molecule has 2 fully saturated rings. The van der Waals surface area contributed by atoms with Crippen molar-refractivity contribution in [2.75, 3.05) is 5.32 Å². The minimum Gasteiger partial charge on any atom is -0.474 e. The SMILES string of the molecule is C[C@@H](CC(F)(F)F)Nc1ncc2c(O[C@H]3C[C@](C)(O)C3)ncc([C@H]3CC[C@H](O)CC3)c2n1. The first-order valence-corrected chi connectivity index (χ1v) is 11.0. The number of aliphatic hydroxyl groups excluding tert-OH is 1. The van der Waals surface area contributed by atoms with E-state index in [0.29, 0.717) is 42.5 Å². The van der Waals surface area contributed by atoms with Gasteiger partial charge in [0, 0.05) is 36.8 Å². The Hall–Kier alpha value is -2.20. The molecular weight excluding hydrogens is 425 g/mol. The largest absolute Gasteiger partial charge is 0.474 e. The highest BCUT2D eigenvalue weighted by Gasteiger charge is 2.40. The predicted octanol–water partition coefficient (Wildman–Crippen LogP) is 4.09. The Bertz CT molecular complexity index is 953. The van der Waals surface area contributed by atoms with Gasteiger partial charge >= 0.3 is 6.18 Å². The molecule has 3 N–H and O–H groups in total. The van der Waals surface area contributed by atoms with Crippen LogP contribution >= 0.6 is 0 Å². The molecule has 7 nitrogen and oxygen atoms in total. The second kappa shape index (κ2) is 8.62. The highest BCUT2D eigenvalue weighted by atomic mass is 19.4. The van der Waals surface area contributed by atoms with E-state index >= 15 is 0 Å². The van der Waals surface area contributed by atoms with Crippen LogP contribution in [0.3, 0.4) is 0 Å². The average Bonchev–Trinajstić information content (AvgIpc) is 2.66. The van der Waals surface area contributed by atoms with Crippen molar-refractivity contribution in [3.63, 3.8) is 0 Å². The minimum atomic E-state index is -4.29. The summed E-state index contributed by atoms with van der Waals surface area (Å²) in [7, 11) is 0. The molecule has 0 aromatic carbocycles. The van der Waals surface area contributed by atoms with E-state index in [4.69, 9.17) is 4.74 Å². The standard InChI is InChI=1S/C22H29F3N4O3/c1-12(7-22(23,24)25)28-20-27-11-17-18(29-20)16(13-3-5-14(30)6-4-13)10-26-19(17)32-15-8-21(2,31)9-15/h10-15,30-31H,3-9H2,1-2H3,(H,27,28,29)/t12-,13-,14-,15-,21-/m0/s1. The van der Waals surface area contributed by atoms with Gasteiger partial charge in [-0.25, -0.2) is 15.0 Å². The Labute approximate surface area is 184 Å². The van der Waals surface area contributed by atoms with Crippen LogP contribution in [0.4, 0.5) is 19.1 Å². The van der Waals surface area contributed by atoms with Crippen molar-refractivity contribution in [1.29, 1.82) is 0 Å². The molecule has 0 unspecified atom stereocenters. The maximum Gasteiger partial charge on any atom is 0.391 e. The quantitative estimate of drug-likeness (QED) is 0.605. The van der Waals surface area contributed by atoms with Crippen molar-refractivity contribution in [1.82, 2.24) is 15.0 Å². The first-order valence-electron chi connectivity index (χ1n) is 11.0. The number of alkyl halides is 3. The van der Waals surface area contributed by atoms with Crippen molar-refractivity contribution in [2.45, 2.75) is 94.7 Å². The van der Waals surface area contributed by atoms with Gasteiger partial charge in [0.2, 0.25) is 11.8 Å². The van der Waals surface area contributed by atoms with Gasteiger partial charge in [-0.2, -0.15) is 13.2 Å². The van der Waals surface area contributed by atoms with E-state index in [9.17, 15) is 23.4 Å². The van der Waals surface area contributed by atoms with Crippen molar-refractivity contribution in [2.24, 2.45) is 0 Å². The van der Waals surface area contributed by atoms with Crippen LogP contribution in [-0.2, 0) is 0 Å². The molecule has 0 spiro atoms. The van der Waals surface area contributed by atoms with Gasteiger partial charge in [0.1, 0.15) is 6.10 Å². The smallest absolute Gasteiger partial charge is 0.391 e. The highest BCUT2D eigenvalue weighted by Crippen LogP contribution is 2.40. The molecule has 0 aliphatic heterocycles. The van der Waals surface area contributed by atoms with Gasteiger partial charge in [-0.15, -0.1) is 0 Å². The van der Waals surface area contributed by atoms with Crippen molar-refractivity contribution >= 4 is 16.9 Å². The summed E-state index contributed by atoms with van der Waals surface area (Å²) >= 11 is 0. The van der Waals surface area contributed by atoms with Gasteiger partial charge in [-0.1, -0.05) is 0 Å². The summed E-state index contributed by atoms with van der Waals surface area (Å²) in [6, 6.07) is -0.879. The van der Waals surface area contributed by atoms with Gasteiger partial charge in [-0.05, 0) is 45.4 Å². The third-order valence-corrected chi connectivity index (χ3v) is 6.28. The summed E-state index contributed by atoms with van der Waals surface area (Å²) in [5, 5.41) is 23.2. The van der Waals surface area contributed by atoms with E-state index in [1.807, 2.05) is 0 Å². The van der Waals surface area contributed by atoms with Crippen LogP contribution in [0.25, 0.3) is 10.9 Å².